The zero-order chi connectivity index (χ0) is 17.1. The Kier molecular flexibility index (Phi) is 5.23. The molecule has 0 spiro atoms. The molecule has 0 saturated carbocycles. The summed E-state index contributed by atoms with van der Waals surface area (Å²) >= 11 is 0. The number of Topliss-reactive ketones (excluding diaryl/α,β-unsaturated/α-hetero) is 1. The number of H-pyrrole nitrogens is 1. The van der Waals surface area contributed by atoms with Crippen LogP contribution in [0.25, 0.3) is 0 Å². The van der Waals surface area contributed by atoms with Crippen LogP contribution in [0.1, 0.15) is 65.2 Å². The van der Waals surface area contributed by atoms with Crippen LogP contribution in [0, 0.1) is 12.8 Å². The van der Waals surface area contributed by atoms with Gasteiger partial charge in [-0.2, -0.15) is 0 Å². The zero-order valence-corrected chi connectivity index (χ0v) is 13.9. The van der Waals surface area contributed by atoms with E-state index in [-0.39, 0.29) is 18.2 Å². The van der Waals surface area contributed by atoms with Crippen LogP contribution in [-0.2, 0) is 11.2 Å². The van der Waals surface area contributed by atoms with Crippen molar-refractivity contribution in [3.63, 3.8) is 0 Å². The Morgan fingerprint density at radius 3 is 2.61 bits per heavy atom. The minimum Gasteiger partial charge on any atom is -0.481 e. The molecule has 1 atom stereocenters. The monoisotopic (exact) mass is 320 g/mol. The van der Waals surface area contributed by atoms with Crippen LogP contribution in [-0.4, -0.2) is 45.7 Å². The van der Waals surface area contributed by atoms with Crippen LogP contribution in [0.5, 0.6) is 0 Å². The number of hydrogen-bond acceptors (Lipinski definition) is 3. The number of carbonyl (C=O) groups excluding carboxylic acids is 2. The molecular weight excluding hydrogens is 296 g/mol. The molecule has 0 aliphatic carbocycles. The molecule has 1 aromatic rings. The second kappa shape index (κ2) is 6.98. The molecule has 1 aromatic heterocycles. The molecular formula is C17H24N2O4. The topological polar surface area (TPSA) is 90.5 Å². The molecule has 0 bridgehead atoms. The van der Waals surface area contributed by atoms with Crippen LogP contribution in [0.2, 0.25) is 0 Å². The number of carboxylic acids is 1. The lowest BCUT2D eigenvalue weighted by Crippen LogP contribution is -2.42. The summed E-state index contributed by atoms with van der Waals surface area (Å²) in [6.07, 6.45) is 2.76. The van der Waals surface area contributed by atoms with Crippen LogP contribution < -0.4 is 0 Å². The molecule has 1 saturated heterocycles. The van der Waals surface area contributed by atoms with Gasteiger partial charge in [0.1, 0.15) is 5.69 Å². The average Bonchev–Trinajstić information content (AvgIpc) is 2.83. The van der Waals surface area contributed by atoms with Gasteiger partial charge < -0.3 is 15.0 Å². The van der Waals surface area contributed by atoms with E-state index in [0.717, 1.165) is 12.0 Å². The van der Waals surface area contributed by atoms with Gasteiger partial charge in [0, 0.05) is 24.3 Å². The lowest BCUT2D eigenvalue weighted by Gasteiger charge is -2.30. The molecule has 1 aliphatic rings. The number of carboxylic acid groups (broad SMARTS) is 1. The molecule has 2 heterocycles. The van der Waals surface area contributed by atoms with E-state index in [4.69, 9.17) is 0 Å². The highest BCUT2D eigenvalue weighted by molar-refractivity contribution is 6.02. The fraction of sp³-hybridized carbons (Fsp3) is 0.588. The average molecular weight is 320 g/mol. The van der Waals surface area contributed by atoms with Crippen molar-refractivity contribution in [2.24, 2.45) is 5.92 Å². The number of likely N-dealkylation sites (tertiary alicyclic amines) is 1. The quantitative estimate of drug-likeness (QED) is 0.815. The van der Waals surface area contributed by atoms with Gasteiger partial charge in [-0.3, -0.25) is 14.4 Å². The standard InChI is InChI=1S/C17H24N2O4/c1-4-6-13-14(11(3)20)10(2)18-15(13)16(21)19-8-5-7-12(9-19)17(22)23/h12,18H,4-9H2,1-3H3,(H,22,23). The molecule has 1 fully saturated rings. The third-order valence-corrected chi connectivity index (χ3v) is 4.41. The summed E-state index contributed by atoms with van der Waals surface area (Å²) in [5.41, 5.74) is 2.51. The first kappa shape index (κ1) is 17.2. The molecule has 2 N–H and O–H groups in total. The van der Waals surface area contributed by atoms with Crippen LogP contribution >= 0.6 is 0 Å². The van der Waals surface area contributed by atoms with Crippen LogP contribution in [0.3, 0.4) is 0 Å². The van der Waals surface area contributed by atoms with Gasteiger partial charge >= 0.3 is 5.97 Å². The molecule has 0 radical (unpaired) electrons. The number of nitrogens with one attached hydrogen (secondary N) is 1. The fourth-order valence-corrected chi connectivity index (χ4v) is 3.36. The van der Waals surface area contributed by atoms with E-state index < -0.39 is 11.9 Å². The van der Waals surface area contributed by atoms with Crippen molar-refractivity contribution in [3.05, 3.63) is 22.5 Å². The first-order chi connectivity index (χ1) is 10.9. The Labute approximate surface area is 135 Å². The number of aryl methyl sites for hydroxylation is 1. The number of aromatic amines is 1. The smallest absolute Gasteiger partial charge is 0.308 e. The number of aliphatic carboxylic acids is 1. The van der Waals surface area contributed by atoms with Gasteiger partial charge in [-0.05, 0) is 38.7 Å². The SMILES string of the molecule is CCCc1c(C(=O)N2CCCC(C(=O)O)C2)[nH]c(C)c1C(C)=O. The normalized spacial score (nSPS) is 18.0. The predicted molar refractivity (Wildman–Crippen MR) is 85.8 cm³/mol. The summed E-state index contributed by atoms with van der Waals surface area (Å²) in [7, 11) is 0. The van der Waals surface area contributed by atoms with E-state index in [9.17, 15) is 19.5 Å². The molecule has 1 unspecified atom stereocenters. The predicted octanol–water partition coefficient (Wildman–Crippen LogP) is 2.42. The molecule has 6 heteroatoms. The number of rotatable bonds is 5. The summed E-state index contributed by atoms with van der Waals surface area (Å²) in [5, 5.41) is 9.18. The molecule has 1 aliphatic heterocycles. The lowest BCUT2D eigenvalue weighted by molar-refractivity contribution is -0.143. The van der Waals surface area contributed by atoms with E-state index in [0.29, 0.717) is 42.8 Å². The third-order valence-electron chi connectivity index (χ3n) is 4.41. The summed E-state index contributed by atoms with van der Waals surface area (Å²) in [6, 6.07) is 0. The summed E-state index contributed by atoms with van der Waals surface area (Å²) < 4.78 is 0. The van der Waals surface area contributed by atoms with Crippen molar-refractivity contribution in [2.75, 3.05) is 13.1 Å². The van der Waals surface area contributed by atoms with E-state index in [1.165, 1.54) is 6.92 Å². The zero-order valence-electron chi connectivity index (χ0n) is 13.9. The fourth-order valence-electron chi connectivity index (χ4n) is 3.36. The number of ketones is 1. The summed E-state index contributed by atoms with van der Waals surface area (Å²) in [5.74, 6) is -1.62. The molecule has 2 rings (SSSR count). The number of nitrogens with zero attached hydrogens (tertiary/aromatic N) is 1. The first-order valence-electron chi connectivity index (χ1n) is 8.11. The van der Waals surface area contributed by atoms with E-state index in [2.05, 4.69) is 4.98 Å². The van der Waals surface area contributed by atoms with Gasteiger partial charge in [-0.15, -0.1) is 0 Å². The van der Waals surface area contributed by atoms with Gasteiger partial charge in [-0.25, -0.2) is 0 Å². The minimum atomic E-state index is -0.858. The number of amides is 1. The number of carbonyl (C=O) groups is 3. The van der Waals surface area contributed by atoms with E-state index in [1.807, 2.05) is 6.92 Å². The van der Waals surface area contributed by atoms with E-state index >= 15 is 0 Å². The maximum absolute atomic E-state index is 12.8. The van der Waals surface area contributed by atoms with Crippen molar-refractivity contribution in [1.82, 2.24) is 9.88 Å². The number of piperidine rings is 1. The number of hydrogen-bond donors (Lipinski definition) is 2. The summed E-state index contributed by atoms with van der Waals surface area (Å²) in [4.78, 5) is 40.6. The van der Waals surface area contributed by atoms with Crippen molar-refractivity contribution in [2.45, 2.75) is 46.5 Å². The van der Waals surface area contributed by atoms with E-state index in [1.54, 1.807) is 11.8 Å². The number of aromatic nitrogens is 1. The Morgan fingerprint density at radius 1 is 1.35 bits per heavy atom. The highest BCUT2D eigenvalue weighted by atomic mass is 16.4. The maximum Gasteiger partial charge on any atom is 0.308 e. The molecule has 0 aromatic carbocycles. The second-order valence-corrected chi connectivity index (χ2v) is 6.21. The highest BCUT2D eigenvalue weighted by Crippen LogP contribution is 2.25. The molecule has 1 amide bonds. The molecule has 23 heavy (non-hydrogen) atoms. The van der Waals surface area contributed by atoms with Gasteiger partial charge in [-0.1, -0.05) is 13.3 Å². The van der Waals surface area contributed by atoms with Crippen molar-refractivity contribution in [1.29, 1.82) is 0 Å². The van der Waals surface area contributed by atoms with Crippen molar-refractivity contribution >= 4 is 17.7 Å². The van der Waals surface area contributed by atoms with Gasteiger partial charge in [0.2, 0.25) is 0 Å². The Morgan fingerprint density at radius 2 is 2.04 bits per heavy atom. The maximum atomic E-state index is 12.8. The first-order valence-corrected chi connectivity index (χ1v) is 8.11. The third kappa shape index (κ3) is 3.46. The second-order valence-electron chi connectivity index (χ2n) is 6.21. The highest BCUT2D eigenvalue weighted by Gasteiger charge is 2.31. The Bertz CT molecular complexity index is 633. The van der Waals surface area contributed by atoms with Gasteiger partial charge in [0.05, 0.1) is 5.92 Å². The Balaban J connectivity index is 2.33. The lowest BCUT2D eigenvalue weighted by atomic mass is 9.97. The Hall–Kier alpha value is -2.11. The van der Waals surface area contributed by atoms with Crippen molar-refractivity contribution in [3.8, 4) is 0 Å². The van der Waals surface area contributed by atoms with Crippen LogP contribution in [0.4, 0.5) is 0 Å². The molecule has 6 nitrogen and oxygen atoms in total. The van der Waals surface area contributed by atoms with Gasteiger partial charge in [0.25, 0.3) is 5.91 Å². The molecule has 126 valence electrons. The van der Waals surface area contributed by atoms with Gasteiger partial charge in [0.15, 0.2) is 5.78 Å². The van der Waals surface area contributed by atoms with Crippen molar-refractivity contribution < 1.29 is 19.5 Å². The summed E-state index contributed by atoms with van der Waals surface area (Å²) in [6.45, 7) is 6.09. The largest absolute Gasteiger partial charge is 0.481 e. The minimum absolute atomic E-state index is 0.0525. The van der Waals surface area contributed by atoms with Crippen LogP contribution in [0.15, 0.2) is 0 Å².